The third-order valence-corrected chi connectivity index (χ3v) is 2.74. The molecule has 1 aromatic carbocycles. The highest BCUT2D eigenvalue weighted by molar-refractivity contribution is 5.55. The van der Waals surface area contributed by atoms with Gasteiger partial charge in [-0.15, -0.1) is 0 Å². The average Bonchev–Trinajstić information content (AvgIpc) is 2.41. The van der Waals surface area contributed by atoms with Gasteiger partial charge in [-0.1, -0.05) is 13.8 Å². The molecule has 1 aromatic rings. The summed E-state index contributed by atoms with van der Waals surface area (Å²) in [6.07, 6.45) is -4.13. The second-order valence-electron chi connectivity index (χ2n) is 5.24. The molecule has 0 radical (unpaired) electrons. The first kappa shape index (κ1) is 18.2. The molecule has 0 aliphatic rings. The molecule has 1 N–H and O–H groups in total. The molecule has 0 spiro atoms. The van der Waals surface area contributed by atoms with Crippen LogP contribution in [0.3, 0.4) is 0 Å². The molecule has 8 heteroatoms. The van der Waals surface area contributed by atoms with E-state index >= 15 is 0 Å². The van der Waals surface area contributed by atoms with Crippen LogP contribution in [0.25, 0.3) is 0 Å². The van der Waals surface area contributed by atoms with Gasteiger partial charge in [-0.25, -0.2) is 0 Å². The van der Waals surface area contributed by atoms with E-state index in [2.05, 4.69) is 5.32 Å². The largest absolute Gasteiger partial charge is 0.423 e. The van der Waals surface area contributed by atoms with Crippen LogP contribution >= 0.6 is 0 Å². The van der Waals surface area contributed by atoms with Crippen molar-refractivity contribution in [2.75, 3.05) is 25.1 Å². The Bertz CT molecular complexity index is 505. The van der Waals surface area contributed by atoms with Gasteiger partial charge in [0.05, 0.1) is 4.92 Å². The summed E-state index contributed by atoms with van der Waals surface area (Å²) in [5.41, 5.74) is -2.00. The minimum absolute atomic E-state index is 0.196. The maximum Gasteiger partial charge on any atom is 0.423 e. The number of nitrogens with one attached hydrogen (secondary N) is 1. The van der Waals surface area contributed by atoms with Crippen molar-refractivity contribution in [3.63, 3.8) is 0 Å². The number of hydrogen-bond donors (Lipinski definition) is 1. The van der Waals surface area contributed by atoms with E-state index in [0.717, 1.165) is 12.1 Å². The number of nitro groups is 1. The van der Waals surface area contributed by atoms with E-state index in [4.69, 9.17) is 4.74 Å². The number of anilines is 1. The maximum atomic E-state index is 12.8. The molecular weight excluding hydrogens is 301 g/mol. The number of ether oxygens (including phenoxy) is 1. The van der Waals surface area contributed by atoms with Gasteiger partial charge in [0.15, 0.2) is 0 Å². The Hall–Kier alpha value is -1.83. The van der Waals surface area contributed by atoms with E-state index in [1.165, 1.54) is 6.07 Å². The normalized spacial score (nSPS) is 11.7. The fraction of sp³-hybridized carbons (Fsp3) is 0.571. The first-order valence-corrected chi connectivity index (χ1v) is 6.89. The Labute approximate surface area is 126 Å². The quantitative estimate of drug-likeness (QED) is 0.445. The van der Waals surface area contributed by atoms with Crippen molar-refractivity contribution >= 4 is 11.4 Å². The zero-order valence-electron chi connectivity index (χ0n) is 12.4. The van der Waals surface area contributed by atoms with Crippen LogP contribution in [0.15, 0.2) is 18.2 Å². The molecule has 124 valence electrons. The summed E-state index contributed by atoms with van der Waals surface area (Å²) < 4.78 is 43.8. The van der Waals surface area contributed by atoms with Crippen LogP contribution in [0.1, 0.15) is 25.8 Å². The molecule has 0 bridgehead atoms. The fourth-order valence-corrected chi connectivity index (χ4v) is 1.76. The Morgan fingerprint density at radius 3 is 2.59 bits per heavy atom. The number of rotatable bonds is 8. The van der Waals surface area contributed by atoms with Gasteiger partial charge in [0.25, 0.3) is 5.69 Å². The molecule has 0 fully saturated rings. The summed E-state index contributed by atoms with van der Waals surface area (Å²) in [5.74, 6) is 0.428. The van der Waals surface area contributed by atoms with E-state index < -0.39 is 22.4 Å². The molecule has 0 atom stereocenters. The van der Waals surface area contributed by atoms with Crippen LogP contribution in [-0.2, 0) is 10.9 Å². The van der Waals surface area contributed by atoms with Crippen LogP contribution in [0, 0.1) is 16.0 Å². The number of hydrogen-bond acceptors (Lipinski definition) is 4. The lowest BCUT2D eigenvalue weighted by Gasteiger charge is -2.11. The third-order valence-electron chi connectivity index (χ3n) is 2.74. The van der Waals surface area contributed by atoms with Gasteiger partial charge in [-0.05, 0) is 24.5 Å². The van der Waals surface area contributed by atoms with Gasteiger partial charge in [0.1, 0.15) is 5.56 Å². The number of benzene rings is 1. The summed E-state index contributed by atoms with van der Waals surface area (Å²) >= 11 is 0. The topological polar surface area (TPSA) is 64.4 Å². The number of nitrogens with zero attached hydrogens (tertiary/aromatic N) is 1. The van der Waals surface area contributed by atoms with E-state index in [9.17, 15) is 23.3 Å². The van der Waals surface area contributed by atoms with E-state index in [-0.39, 0.29) is 5.69 Å². The van der Waals surface area contributed by atoms with Gasteiger partial charge >= 0.3 is 6.18 Å². The van der Waals surface area contributed by atoms with Crippen molar-refractivity contribution < 1.29 is 22.8 Å². The lowest BCUT2D eigenvalue weighted by molar-refractivity contribution is -0.388. The molecule has 0 aliphatic heterocycles. The van der Waals surface area contributed by atoms with Gasteiger partial charge in [-0.2, -0.15) is 13.2 Å². The van der Waals surface area contributed by atoms with Crippen molar-refractivity contribution in [1.29, 1.82) is 0 Å². The minimum Gasteiger partial charge on any atom is -0.385 e. The molecule has 5 nitrogen and oxygen atoms in total. The Kier molecular flexibility index (Phi) is 6.61. The molecule has 1 rings (SSSR count). The molecule has 0 saturated heterocycles. The fourth-order valence-electron chi connectivity index (χ4n) is 1.76. The highest BCUT2D eigenvalue weighted by Crippen LogP contribution is 2.37. The number of halogens is 3. The minimum atomic E-state index is -4.76. The summed E-state index contributed by atoms with van der Waals surface area (Å²) in [5, 5.41) is 13.4. The summed E-state index contributed by atoms with van der Waals surface area (Å²) in [6.45, 7) is 5.61. The second kappa shape index (κ2) is 7.98. The molecular formula is C14H19F3N2O3. The zero-order chi connectivity index (χ0) is 16.8. The summed E-state index contributed by atoms with van der Waals surface area (Å²) in [4.78, 5) is 9.60. The summed E-state index contributed by atoms with van der Waals surface area (Å²) in [7, 11) is 0. The predicted octanol–water partition coefficient (Wildman–Crippen LogP) is 4.09. The second-order valence-corrected chi connectivity index (χ2v) is 5.24. The van der Waals surface area contributed by atoms with Crippen LogP contribution in [0.2, 0.25) is 0 Å². The zero-order valence-corrected chi connectivity index (χ0v) is 12.4. The molecule has 0 aliphatic carbocycles. The van der Waals surface area contributed by atoms with Gasteiger partial charge in [-0.3, -0.25) is 10.1 Å². The molecule has 0 saturated carbocycles. The van der Waals surface area contributed by atoms with Crippen molar-refractivity contribution in [3.05, 3.63) is 33.9 Å². The molecule has 0 unspecified atom stereocenters. The lowest BCUT2D eigenvalue weighted by atomic mass is 10.1. The summed E-state index contributed by atoms with van der Waals surface area (Å²) in [6, 6.07) is 2.88. The molecule has 0 heterocycles. The van der Waals surface area contributed by atoms with Crippen molar-refractivity contribution in [2.24, 2.45) is 5.92 Å². The van der Waals surface area contributed by atoms with Gasteiger partial charge < -0.3 is 10.1 Å². The lowest BCUT2D eigenvalue weighted by Crippen LogP contribution is -2.11. The van der Waals surface area contributed by atoms with Gasteiger partial charge in [0.2, 0.25) is 0 Å². The monoisotopic (exact) mass is 320 g/mol. The maximum absolute atomic E-state index is 12.8. The van der Waals surface area contributed by atoms with E-state index in [1.807, 2.05) is 13.8 Å². The molecule has 22 heavy (non-hydrogen) atoms. The SMILES string of the molecule is CC(C)COCCCNc1ccc([N+](=O)[O-])c(C(F)(F)F)c1. The Balaban J connectivity index is 2.60. The molecule has 0 aromatic heterocycles. The van der Waals surface area contributed by atoms with Crippen molar-refractivity contribution in [1.82, 2.24) is 0 Å². The van der Waals surface area contributed by atoms with E-state index in [0.29, 0.717) is 32.1 Å². The smallest absolute Gasteiger partial charge is 0.385 e. The van der Waals surface area contributed by atoms with Crippen LogP contribution in [0.5, 0.6) is 0 Å². The average molecular weight is 320 g/mol. The standard InChI is InChI=1S/C14H19F3N2O3/c1-10(2)9-22-7-3-6-18-11-4-5-13(19(20)21)12(8-11)14(15,16)17/h4-5,8,10,18H,3,6-7,9H2,1-2H3. The first-order valence-electron chi connectivity index (χ1n) is 6.89. The highest BCUT2D eigenvalue weighted by Gasteiger charge is 2.38. The van der Waals surface area contributed by atoms with Crippen LogP contribution < -0.4 is 5.32 Å². The van der Waals surface area contributed by atoms with E-state index in [1.54, 1.807) is 0 Å². The Morgan fingerprint density at radius 2 is 2.05 bits per heavy atom. The number of alkyl halides is 3. The first-order chi connectivity index (χ1) is 10.2. The predicted molar refractivity (Wildman–Crippen MR) is 76.9 cm³/mol. The highest BCUT2D eigenvalue weighted by atomic mass is 19.4. The number of nitro benzene ring substituents is 1. The van der Waals surface area contributed by atoms with Crippen LogP contribution in [0.4, 0.5) is 24.5 Å². The van der Waals surface area contributed by atoms with Gasteiger partial charge in [0, 0.05) is 31.5 Å². The molecule has 0 amide bonds. The third kappa shape index (κ3) is 5.88. The Morgan fingerprint density at radius 1 is 1.36 bits per heavy atom. The van der Waals surface area contributed by atoms with Crippen molar-refractivity contribution in [3.8, 4) is 0 Å². The van der Waals surface area contributed by atoms with Crippen LogP contribution in [-0.4, -0.2) is 24.7 Å². The van der Waals surface area contributed by atoms with Crippen molar-refractivity contribution in [2.45, 2.75) is 26.4 Å².